The molecule has 3 heterocycles. The third-order valence-corrected chi connectivity index (χ3v) is 4.34. The number of nitrogens with zero attached hydrogens (tertiary/aromatic N) is 6. The fourth-order valence-electron chi connectivity index (χ4n) is 3.03. The lowest BCUT2D eigenvalue weighted by Gasteiger charge is -2.05. The number of carbonyl (C=O) groups is 1. The zero-order valence-electron chi connectivity index (χ0n) is 14.5. The number of aryl methyl sites for hydroxylation is 2. The van der Waals surface area contributed by atoms with Crippen LogP contribution in [0.5, 0.6) is 0 Å². The number of hydrogen-bond donors (Lipinski definition) is 1. The molecule has 27 heavy (non-hydrogen) atoms. The van der Waals surface area contributed by atoms with E-state index in [1.807, 2.05) is 37.3 Å². The van der Waals surface area contributed by atoms with Crippen LogP contribution in [0, 0.1) is 0 Å². The Balaban J connectivity index is 1.95. The van der Waals surface area contributed by atoms with Crippen molar-refractivity contribution >= 4 is 22.8 Å². The molecule has 0 saturated heterocycles. The van der Waals surface area contributed by atoms with Crippen LogP contribution in [0.25, 0.3) is 27.9 Å². The van der Waals surface area contributed by atoms with Crippen molar-refractivity contribution in [2.24, 2.45) is 0 Å². The van der Waals surface area contributed by atoms with E-state index in [2.05, 4.69) is 20.3 Å². The van der Waals surface area contributed by atoms with Crippen molar-refractivity contribution in [3.05, 3.63) is 52.7 Å². The van der Waals surface area contributed by atoms with Gasteiger partial charge in [0.05, 0.1) is 17.7 Å². The normalized spacial score (nSPS) is 11.3. The molecule has 0 aliphatic rings. The van der Waals surface area contributed by atoms with Gasteiger partial charge >= 0.3 is 5.97 Å². The van der Waals surface area contributed by atoms with Crippen molar-refractivity contribution < 1.29 is 9.90 Å². The fourth-order valence-corrected chi connectivity index (χ4v) is 3.03. The molecule has 0 saturated carbocycles. The molecule has 0 atom stereocenters. The van der Waals surface area contributed by atoms with Crippen LogP contribution in [-0.2, 0) is 17.8 Å². The third kappa shape index (κ3) is 2.82. The molecular formula is C18H16N6O3. The summed E-state index contributed by atoms with van der Waals surface area (Å²) >= 11 is 0. The first kappa shape index (κ1) is 16.8. The van der Waals surface area contributed by atoms with E-state index in [1.54, 1.807) is 0 Å². The number of carboxylic acid groups (broad SMARTS) is 1. The molecule has 0 aliphatic carbocycles. The summed E-state index contributed by atoms with van der Waals surface area (Å²) < 4.78 is 2.76. The Bertz CT molecular complexity index is 1210. The highest BCUT2D eigenvalue weighted by Gasteiger charge is 2.19. The van der Waals surface area contributed by atoms with E-state index in [0.29, 0.717) is 17.7 Å². The Morgan fingerprint density at radius 1 is 1.15 bits per heavy atom. The first-order valence-corrected chi connectivity index (χ1v) is 8.50. The van der Waals surface area contributed by atoms with Gasteiger partial charge in [0.1, 0.15) is 6.33 Å². The van der Waals surface area contributed by atoms with Crippen LogP contribution in [0.3, 0.4) is 0 Å². The minimum absolute atomic E-state index is 0.0193. The molecule has 0 amide bonds. The molecule has 1 aromatic carbocycles. The molecule has 0 aliphatic heterocycles. The van der Waals surface area contributed by atoms with Gasteiger partial charge in [0, 0.05) is 6.54 Å². The van der Waals surface area contributed by atoms with Gasteiger partial charge in [-0.15, -0.1) is 10.2 Å². The molecule has 0 spiro atoms. The molecule has 0 radical (unpaired) electrons. The average molecular weight is 364 g/mol. The number of rotatable bonds is 5. The Morgan fingerprint density at radius 3 is 2.63 bits per heavy atom. The van der Waals surface area contributed by atoms with Crippen molar-refractivity contribution in [3.8, 4) is 11.1 Å². The number of carboxylic acids is 1. The van der Waals surface area contributed by atoms with Gasteiger partial charge in [-0.3, -0.25) is 14.2 Å². The van der Waals surface area contributed by atoms with E-state index in [1.165, 1.54) is 15.4 Å². The zero-order valence-corrected chi connectivity index (χ0v) is 14.5. The highest BCUT2D eigenvalue weighted by Crippen LogP contribution is 2.28. The van der Waals surface area contributed by atoms with Crippen LogP contribution in [0.1, 0.15) is 19.0 Å². The van der Waals surface area contributed by atoms with Gasteiger partial charge in [0.15, 0.2) is 16.8 Å². The van der Waals surface area contributed by atoms with E-state index >= 15 is 0 Å². The van der Waals surface area contributed by atoms with Crippen molar-refractivity contribution in [3.63, 3.8) is 0 Å². The molecular weight excluding hydrogens is 348 g/mol. The smallest absolute Gasteiger partial charge is 0.305 e. The summed E-state index contributed by atoms with van der Waals surface area (Å²) in [6, 6.07) is 9.75. The van der Waals surface area contributed by atoms with Crippen LogP contribution >= 0.6 is 0 Å². The maximum atomic E-state index is 12.6. The second-order valence-corrected chi connectivity index (χ2v) is 6.04. The van der Waals surface area contributed by atoms with Crippen LogP contribution in [0.4, 0.5) is 0 Å². The van der Waals surface area contributed by atoms with E-state index in [4.69, 9.17) is 5.11 Å². The minimum Gasteiger partial charge on any atom is -0.481 e. The first-order valence-electron chi connectivity index (χ1n) is 8.50. The summed E-state index contributed by atoms with van der Waals surface area (Å²) in [7, 11) is 0. The summed E-state index contributed by atoms with van der Waals surface area (Å²) in [4.78, 5) is 27.7. The largest absolute Gasteiger partial charge is 0.481 e. The Hall–Kier alpha value is -3.62. The summed E-state index contributed by atoms with van der Waals surface area (Å²) in [5.74, 6) is -0.990. The number of benzene rings is 1. The van der Waals surface area contributed by atoms with Crippen molar-refractivity contribution in [2.45, 2.75) is 26.3 Å². The van der Waals surface area contributed by atoms with Crippen molar-refractivity contribution in [1.82, 2.24) is 29.4 Å². The molecule has 1 N–H and O–H groups in total. The van der Waals surface area contributed by atoms with E-state index in [-0.39, 0.29) is 18.5 Å². The van der Waals surface area contributed by atoms with Gasteiger partial charge in [-0.05, 0) is 12.0 Å². The molecule has 9 nitrogen and oxygen atoms in total. The molecule has 3 aromatic heterocycles. The number of aromatic nitrogens is 6. The monoisotopic (exact) mass is 364 g/mol. The van der Waals surface area contributed by atoms with Gasteiger partial charge in [0.25, 0.3) is 5.56 Å². The second kappa shape index (κ2) is 6.60. The SMILES string of the molecule is CCc1nn2c(nnc3c(=O)n(CCC(=O)O)cnc32)c1-c1ccccc1. The molecule has 0 bridgehead atoms. The van der Waals surface area contributed by atoms with Crippen LogP contribution in [0.2, 0.25) is 0 Å². The lowest BCUT2D eigenvalue weighted by molar-refractivity contribution is -0.137. The predicted molar refractivity (Wildman–Crippen MR) is 97.4 cm³/mol. The number of fused-ring (bicyclic) bond motifs is 3. The maximum absolute atomic E-state index is 12.6. The fraction of sp³-hybridized carbons (Fsp3) is 0.222. The van der Waals surface area contributed by atoms with Gasteiger partial charge < -0.3 is 5.11 Å². The van der Waals surface area contributed by atoms with Crippen molar-refractivity contribution in [1.29, 1.82) is 0 Å². The second-order valence-electron chi connectivity index (χ2n) is 6.04. The van der Waals surface area contributed by atoms with Gasteiger partial charge in [-0.2, -0.15) is 9.61 Å². The maximum Gasteiger partial charge on any atom is 0.305 e. The highest BCUT2D eigenvalue weighted by molar-refractivity contribution is 5.83. The van der Waals surface area contributed by atoms with Crippen LogP contribution < -0.4 is 5.56 Å². The summed E-state index contributed by atoms with van der Waals surface area (Å²) in [5, 5.41) is 21.7. The van der Waals surface area contributed by atoms with E-state index < -0.39 is 11.5 Å². The van der Waals surface area contributed by atoms with Crippen LogP contribution in [0.15, 0.2) is 41.5 Å². The summed E-state index contributed by atoms with van der Waals surface area (Å²) in [6.45, 7) is 2.02. The quantitative estimate of drug-likeness (QED) is 0.571. The number of hydrogen-bond acceptors (Lipinski definition) is 6. The van der Waals surface area contributed by atoms with E-state index in [0.717, 1.165) is 16.8 Å². The van der Waals surface area contributed by atoms with Gasteiger partial charge in [0.2, 0.25) is 0 Å². The number of aliphatic carboxylic acids is 1. The first-order chi connectivity index (χ1) is 13.1. The van der Waals surface area contributed by atoms with Gasteiger partial charge in [-0.1, -0.05) is 37.3 Å². The lowest BCUT2D eigenvalue weighted by Crippen LogP contribution is -2.24. The average Bonchev–Trinajstić information content (AvgIpc) is 3.07. The Kier molecular flexibility index (Phi) is 4.11. The Morgan fingerprint density at radius 2 is 1.93 bits per heavy atom. The molecule has 136 valence electrons. The molecule has 4 aromatic rings. The van der Waals surface area contributed by atoms with Crippen LogP contribution in [-0.4, -0.2) is 40.4 Å². The molecule has 4 rings (SSSR count). The summed E-state index contributed by atoms with van der Waals surface area (Å²) in [5.41, 5.74) is 3.11. The standard InChI is InChI=1S/C18H16N6O3/c1-2-12-14(11-6-4-3-5-7-11)16-21-20-15-17(24(16)22-12)19-10-23(18(15)27)9-8-13(25)26/h3-7,10H,2,8-9H2,1H3,(H,25,26). The topological polar surface area (TPSA) is 115 Å². The Labute approximate surface area is 152 Å². The molecule has 0 fully saturated rings. The van der Waals surface area contributed by atoms with Crippen molar-refractivity contribution in [2.75, 3.05) is 0 Å². The molecule has 0 unspecified atom stereocenters. The van der Waals surface area contributed by atoms with Gasteiger partial charge in [-0.25, -0.2) is 4.98 Å². The lowest BCUT2D eigenvalue weighted by atomic mass is 10.0. The highest BCUT2D eigenvalue weighted by atomic mass is 16.4. The van der Waals surface area contributed by atoms with E-state index in [9.17, 15) is 9.59 Å². The zero-order chi connectivity index (χ0) is 19.0. The molecule has 9 heteroatoms. The predicted octanol–water partition coefficient (Wildman–Crippen LogP) is 1.54. The minimum atomic E-state index is -0.990. The summed E-state index contributed by atoms with van der Waals surface area (Å²) in [6.07, 6.45) is 1.83. The third-order valence-electron chi connectivity index (χ3n) is 4.34.